The highest BCUT2D eigenvalue weighted by molar-refractivity contribution is 7.84. The zero-order chi connectivity index (χ0) is 13.2. The number of nitrogens with two attached hydrogens (primary N) is 2. The Morgan fingerprint density at radius 3 is 1.81 bits per heavy atom. The molecular weight excluding hydrogens is 268 g/mol. The van der Waals surface area contributed by atoms with Crippen LogP contribution in [-0.4, -0.2) is 41.8 Å². The van der Waals surface area contributed by atoms with Gasteiger partial charge in [-0.05, 0) is 6.92 Å². The topological polar surface area (TPSA) is 168 Å². The molecule has 0 bridgehead atoms. The first-order chi connectivity index (χ1) is 7.12. The van der Waals surface area contributed by atoms with E-state index in [4.69, 9.17) is 5.11 Å². The van der Waals surface area contributed by atoms with Crippen LogP contribution in [0.25, 0.3) is 0 Å². The Balaban J connectivity index is 0. The molecule has 0 aliphatic rings. The van der Waals surface area contributed by atoms with Crippen LogP contribution < -0.4 is 10.3 Å². The van der Waals surface area contributed by atoms with E-state index >= 15 is 0 Å². The van der Waals surface area contributed by atoms with Gasteiger partial charge < -0.3 is 5.11 Å². The van der Waals surface area contributed by atoms with E-state index in [1.54, 1.807) is 6.92 Å². The predicted molar refractivity (Wildman–Crippen MR) is 52.0 cm³/mol. The molecule has 0 atom stereocenters. The van der Waals surface area contributed by atoms with Gasteiger partial charge in [0.05, 0.1) is 6.61 Å². The molecule has 0 saturated heterocycles. The van der Waals surface area contributed by atoms with Crippen molar-refractivity contribution < 1.29 is 35.3 Å². The number of aliphatic hydroxyl groups excluding tert-OH is 1. The fourth-order valence-electron chi connectivity index (χ4n) is 0.285. The molecule has 10 nitrogen and oxygen atoms in total. The lowest BCUT2D eigenvalue weighted by Crippen LogP contribution is -2.21. The number of rotatable bonds is 6. The maximum Gasteiger partial charge on any atom is 0.359 e. The Kier molecular flexibility index (Phi) is 9.89. The molecule has 0 heterocycles. The molecule has 0 saturated carbocycles. The zero-order valence-electron chi connectivity index (χ0n) is 8.40. The molecule has 0 aliphatic carbocycles. The Hall–Kier alpha value is -0.340. The van der Waals surface area contributed by atoms with Gasteiger partial charge in [-0.2, -0.15) is 16.8 Å². The standard InChI is InChI=1S/C2H8N2O7S2.C2H6O/c3-12(5,6)10-2-1-9-11-13(4,7)8;1-2-3/h1-2H2,(H2,3,5,6)(H2,4,7,8);3H,2H2,1H3. The molecule has 100 valence electrons. The van der Waals surface area contributed by atoms with Gasteiger partial charge >= 0.3 is 20.6 Å². The highest BCUT2D eigenvalue weighted by Gasteiger charge is 2.05. The highest BCUT2D eigenvalue weighted by atomic mass is 32.2. The first kappa shape index (κ1) is 18.0. The Morgan fingerprint density at radius 1 is 1.06 bits per heavy atom. The highest BCUT2D eigenvalue weighted by Crippen LogP contribution is 1.87. The smallest absolute Gasteiger partial charge is 0.359 e. The van der Waals surface area contributed by atoms with Gasteiger partial charge in [0.1, 0.15) is 6.61 Å². The van der Waals surface area contributed by atoms with Gasteiger partial charge in [0, 0.05) is 6.61 Å². The van der Waals surface area contributed by atoms with E-state index in [1.807, 2.05) is 0 Å². The van der Waals surface area contributed by atoms with Crippen molar-refractivity contribution in [3.63, 3.8) is 0 Å². The van der Waals surface area contributed by atoms with Crippen molar-refractivity contribution in [1.29, 1.82) is 0 Å². The van der Waals surface area contributed by atoms with Crippen molar-refractivity contribution in [2.24, 2.45) is 10.3 Å². The van der Waals surface area contributed by atoms with Gasteiger partial charge in [-0.15, -0.1) is 0 Å². The van der Waals surface area contributed by atoms with Gasteiger partial charge in [0.2, 0.25) is 0 Å². The predicted octanol–water partition coefficient (Wildman–Crippen LogP) is -2.64. The second kappa shape index (κ2) is 8.77. The normalized spacial score (nSPS) is 11.8. The van der Waals surface area contributed by atoms with Crippen LogP contribution in [-0.2, 0) is 34.0 Å². The first-order valence-corrected chi connectivity index (χ1v) is 6.68. The van der Waals surface area contributed by atoms with E-state index in [0.29, 0.717) is 0 Å². The molecule has 0 aromatic carbocycles. The quantitative estimate of drug-likeness (QED) is 0.269. The molecule has 5 N–H and O–H groups in total. The van der Waals surface area contributed by atoms with E-state index in [1.165, 1.54) is 0 Å². The summed E-state index contributed by atoms with van der Waals surface area (Å²) in [6.45, 7) is 1.00. The van der Waals surface area contributed by atoms with E-state index in [0.717, 1.165) is 0 Å². The van der Waals surface area contributed by atoms with Crippen LogP contribution in [0.1, 0.15) is 6.92 Å². The Bertz CT molecular complexity index is 314. The second-order valence-corrected chi connectivity index (χ2v) is 4.36. The fraction of sp³-hybridized carbons (Fsp3) is 1.00. The summed E-state index contributed by atoms with van der Waals surface area (Å²) in [6, 6.07) is 0. The number of hydrogen-bond donors (Lipinski definition) is 3. The molecule has 0 aromatic heterocycles. The average Bonchev–Trinajstić information content (AvgIpc) is 2.00. The summed E-state index contributed by atoms with van der Waals surface area (Å²) in [5, 5.41) is 16.3. The molecule has 16 heavy (non-hydrogen) atoms. The SMILES string of the molecule is CCO.NS(=O)(=O)OCCOOS(N)(=O)=O. The van der Waals surface area contributed by atoms with Gasteiger partial charge in [-0.1, -0.05) is 4.33 Å². The molecular formula is C4H14N2O8S2. The third kappa shape index (κ3) is 23.5. The zero-order valence-corrected chi connectivity index (χ0v) is 10.0. The number of hydrogen-bond acceptors (Lipinski definition) is 8. The monoisotopic (exact) mass is 282 g/mol. The molecule has 0 fully saturated rings. The van der Waals surface area contributed by atoms with Crippen molar-refractivity contribution in [1.82, 2.24) is 0 Å². The molecule has 0 aliphatic heterocycles. The average molecular weight is 282 g/mol. The maximum absolute atomic E-state index is 10.1. The molecule has 0 amide bonds. The minimum atomic E-state index is -4.20. The lowest BCUT2D eigenvalue weighted by atomic mass is 10.8. The summed E-state index contributed by atoms with van der Waals surface area (Å²) >= 11 is 0. The summed E-state index contributed by atoms with van der Waals surface area (Å²) in [5.74, 6) is 0. The molecule has 0 radical (unpaired) electrons. The number of aliphatic hydroxyl groups is 1. The molecule has 0 aromatic rings. The largest absolute Gasteiger partial charge is 0.397 e. The van der Waals surface area contributed by atoms with E-state index in [2.05, 4.69) is 23.7 Å². The minimum Gasteiger partial charge on any atom is -0.397 e. The van der Waals surface area contributed by atoms with E-state index in [9.17, 15) is 16.8 Å². The van der Waals surface area contributed by atoms with Gasteiger partial charge in [0.15, 0.2) is 0 Å². The van der Waals surface area contributed by atoms with Crippen LogP contribution in [0.2, 0.25) is 0 Å². The maximum atomic E-state index is 10.1. The molecule has 0 spiro atoms. The Morgan fingerprint density at radius 2 is 1.50 bits per heavy atom. The van der Waals surface area contributed by atoms with Crippen LogP contribution >= 0.6 is 0 Å². The van der Waals surface area contributed by atoms with Crippen molar-refractivity contribution in [3.8, 4) is 0 Å². The lowest BCUT2D eigenvalue weighted by Gasteiger charge is -2.00. The van der Waals surface area contributed by atoms with E-state index < -0.39 is 33.8 Å². The molecule has 0 rings (SSSR count). The Labute approximate surface area is 93.5 Å². The summed E-state index contributed by atoms with van der Waals surface area (Å²) in [7, 11) is -8.25. The van der Waals surface area contributed by atoms with Crippen molar-refractivity contribution in [3.05, 3.63) is 0 Å². The van der Waals surface area contributed by atoms with E-state index in [-0.39, 0.29) is 6.61 Å². The van der Waals surface area contributed by atoms with Gasteiger partial charge in [0.25, 0.3) is 0 Å². The third-order valence-corrected chi connectivity index (χ3v) is 1.34. The van der Waals surface area contributed by atoms with Gasteiger partial charge in [-0.3, -0.25) is 4.18 Å². The van der Waals surface area contributed by atoms with Crippen LogP contribution in [0.4, 0.5) is 0 Å². The first-order valence-electron chi connectivity index (χ1n) is 3.74. The second-order valence-electron chi connectivity index (χ2n) is 2.01. The van der Waals surface area contributed by atoms with Crippen molar-refractivity contribution in [2.45, 2.75) is 6.92 Å². The summed E-state index contributed by atoms with van der Waals surface area (Å²) in [6.07, 6.45) is 0. The van der Waals surface area contributed by atoms with Gasteiger partial charge in [-0.25, -0.2) is 15.2 Å². The van der Waals surface area contributed by atoms with Crippen LogP contribution in [0.15, 0.2) is 0 Å². The van der Waals surface area contributed by atoms with Crippen LogP contribution in [0.3, 0.4) is 0 Å². The summed E-state index contributed by atoms with van der Waals surface area (Å²) < 4.78 is 47.8. The third-order valence-electron chi connectivity index (χ3n) is 0.557. The molecule has 0 unspecified atom stereocenters. The van der Waals surface area contributed by atoms with Crippen LogP contribution in [0.5, 0.6) is 0 Å². The fourth-order valence-corrected chi connectivity index (χ4v) is 0.788. The van der Waals surface area contributed by atoms with Crippen LogP contribution in [0, 0.1) is 0 Å². The summed E-state index contributed by atoms with van der Waals surface area (Å²) in [5.41, 5.74) is 0. The minimum absolute atomic E-state index is 0.250. The summed E-state index contributed by atoms with van der Waals surface area (Å²) in [4.78, 5) is 3.94. The molecule has 12 heteroatoms. The van der Waals surface area contributed by atoms with Crippen molar-refractivity contribution in [2.75, 3.05) is 19.8 Å². The van der Waals surface area contributed by atoms with Crippen molar-refractivity contribution >= 4 is 20.6 Å². The lowest BCUT2D eigenvalue weighted by molar-refractivity contribution is -0.205.